The Morgan fingerprint density at radius 3 is 2.61 bits per heavy atom. The first-order valence-corrected chi connectivity index (χ1v) is 7.27. The number of carboxylic acid groups (broad SMARTS) is 1. The Labute approximate surface area is 135 Å². The molecule has 2 aromatic carbocycles. The summed E-state index contributed by atoms with van der Waals surface area (Å²) in [4.78, 5) is 10.8. The summed E-state index contributed by atoms with van der Waals surface area (Å²) in [5, 5.41) is 10.6. The van der Waals surface area contributed by atoms with Crippen molar-refractivity contribution in [3.05, 3.63) is 41.5 Å². The Morgan fingerprint density at radius 1 is 1.22 bits per heavy atom. The minimum Gasteiger partial charge on any atom is -0.493 e. The van der Waals surface area contributed by atoms with E-state index in [4.69, 9.17) is 19.3 Å². The first kappa shape index (κ1) is 16.8. The molecule has 2 aromatic rings. The molecule has 0 aliphatic rings. The van der Waals surface area contributed by atoms with Crippen LogP contribution < -0.4 is 9.47 Å². The average Bonchev–Trinajstić information content (AvgIpc) is 2.57. The lowest BCUT2D eigenvalue weighted by molar-refractivity contribution is -0.131. The van der Waals surface area contributed by atoms with Gasteiger partial charge in [0.05, 0.1) is 7.11 Å². The normalized spacial score (nSPS) is 11.1. The van der Waals surface area contributed by atoms with Crippen LogP contribution in [0.1, 0.15) is 18.1 Å². The SMILES string of the molecule is CCc1ccc2c(OCOC)c(OC)cc(/C=C\C(=O)O)c2c1. The van der Waals surface area contributed by atoms with Gasteiger partial charge in [-0.2, -0.15) is 0 Å². The van der Waals surface area contributed by atoms with Gasteiger partial charge >= 0.3 is 5.97 Å². The van der Waals surface area contributed by atoms with E-state index in [2.05, 4.69) is 6.92 Å². The molecular weight excluding hydrogens is 296 g/mol. The van der Waals surface area contributed by atoms with Crippen LogP contribution in [0.25, 0.3) is 16.8 Å². The predicted octanol–water partition coefficient (Wildman–Crippen LogP) is 3.49. The van der Waals surface area contributed by atoms with Crippen molar-refractivity contribution in [1.82, 2.24) is 0 Å². The first-order chi connectivity index (χ1) is 11.1. The van der Waals surface area contributed by atoms with Crippen molar-refractivity contribution in [1.29, 1.82) is 0 Å². The Kier molecular flexibility index (Phi) is 5.60. The number of carboxylic acids is 1. The monoisotopic (exact) mass is 316 g/mol. The van der Waals surface area contributed by atoms with Gasteiger partial charge in [0.1, 0.15) is 0 Å². The number of benzene rings is 2. The molecular formula is C18H20O5. The lowest BCUT2D eigenvalue weighted by Crippen LogP contribution is -2.02. The van der Waals surface area contributed by atoms with Crippen LogP contribution in [0, 0.1) is 0 Å². The number of carbonyl (C=O) groups is 1. The fourth-order valence-electron chi connectivity index (χ4n) is 2.38. The third-order valence-corrected chi connectivity index (χ3v) is 3.50. The number of fused-ring (bicyclic) bond motifs is 1. The standard InChI is InChI=1S/C18H20O5/c1-4-12-5-7-14-15(9-12)13(6-8-17(19)20)10-16(22-3)18(14)23-11-21-2/h5-10H,4,11H2,1-3H3,(H,19,20)/b8-6-. The summed E-state index contributed by atoms with van der Waals surface area (Å²) >= 11 is 0. The van der Waals surface area contributed by atoms with E-state index < -0.39 is 5.97 Å². The molecule has 0 aromatic heterocycles. The first-order valence-electron chi connectivity index (χ1n) is 7.27. The number of methoxy groups -OCH3 is 2. The molecule has 0 saturated carbocycles. The lowest BCUT2D eigenvalue weighted by Gasteiger charge is -2.15. The quantitative estimate of drug-likeness (QED) is 0.625. The van der Waals surface area contributed by atoms with Crippen LogP contribution in [-0.4, -0.2) is 32.1 Å². The summed E-state index contributed by atoms with van der Waals surface area (Å²) in [7, 11) is 3.10. The van der Waals surface area contributed by atoms with Crippen molar-refractivity contribution >= 4 is 22.8 Å². The molecule has 2 rings (SSSR count). The minimum atomic E-state index is -0.997. The smallest absolute Gasteiger partial charge is 0.328 e. The summed E-state index contributed by atoms with van der Waals surface area (Å²) in [6, 6.07) is 7.79. The maximum absolute atomic E-state index is 10.8. The van der Waals surface area contributed by atoms with Crippen LogP contribution in [0.4, 0.5) is 0 Å². The van der Waals surface area contributed by atoms with Crippen molar-refractivity contribution in [3.63, 3.8) is 0 Å². The molecule has 0 aliphatic carbocycles. The second-order valence-corrected chi connectivity index (χ2v) is 4.95. The average molecular weight is 316 g/mol. The summed E-state index contributed by atoms with van der Waals surface area (Å²) in [5.41, 5.74) is 1.92. The van der Waals surface area contributed by atoms with Crippen LogP contribution in [0.5, 0.6) is 11.5 Å². The third-order valence-electron chi connectivity index (χ3n) is 3.50. The van der Waals surface area contributed by atoms with Gasteiger partial charge in [-0.25, -0.2) is 4.79 Å². The Balaban J connectivity index is 2.71. The van der Waals surface area contributed by atoms with Crippen LogP contribution >= 0.6 is 0 Å². The zero-order valence-electron chi connectivity index (χ0n) is 13.5. The molecule has 0 amide bonds. The fourth-order valence-corrected chi connectivity index (χ4v) is 2.38. The van der Waals surface area contributed by atoms with E-state index in [9.17, 15) is 4.79 Å². The molecule has 0 aliphatic heterocycles. The van der Waals surface area contributed by atoms with E-state index in [1.807, 2.05) is 18.2 Å². The zero-order chi connectivity index (χ0) is 16.8. The highest BCUT2D eigenvalue weighted by atomic mass is 16.7. The Morgan fingerprint density at radius 2 is 2.00 bits per heavy atom. The molecule has 0 bridgehead atoms. The number of aliphatic carboxylic acids is 1. The number of ether oxygens (including phenoxy) is 3. The fraction of sp³-hybridized carbons (Fsp3) is 0.278. The van der Waals surface area contributed by atoms with Gasteiger partial charge in [-0.1, -0.05) is 25.1 Å². The van der Waals surface area contributed by atoms with Gasteiger partial charge in [0.2, 0.25) is 0 Å². The van der Waals surface area contributed by atoms with Gasteiger partial charge in [-0.05, 0) is 35.1 Å². The number of hydrogen-bond donors (Lipinski definition) is 1. The predicted molar refractivity (Wildman–Crippen MR) is 89.1 cm³/mol. The Bertz CT molecular complexity index is 734. The van der Waals surface area contributed by atoms with Crippen molar-refractivity contribution < 1.29 is 24.1 Å². The number of aryl methyl sites for hydroxylation is 1. The zero-order valence-corrected chi connectivity index (χ0v) is 13.5. The molecule has 1 N–H and O–H groups in total. The Hall–Kier alpha value is -2.53. The molecule has 0 saturated heterocycles. The highest BCUT2D eigenvalue weighted by molar-refractivity contribution is 5.99. The maximum Gasteiger partial charge on any atom is 0.328 e. The van der Waals surface area contributed by atoms with Gasteiger partial charge in [-0.3, -0.25) is 0 Å². The van der Waals surface area contributed by atoms with Crippen molar-refractivity contribution in [3.8, 4) is 11.5 Å². The molecule has 0 heterocycles. The second kappa shape index (κ2) is 7.65. The molecule has 5 heteroatoms. The van der Waals surface area contributed by atoms with E-state index in [0.717, 1.165) is 34.4 Å². The highest BCUT2D eigenvalue weighted by Crippen LogP contribution is 2.39. The van der Waals surface area contributed by atoms with Crippen molar-refractivity contribution in [2.45, 2.75) is 13.3 Å². The molecule has 0 atom stereocenters. The third kappa shape index (κ3) is 3.81. The molecule has 23 heavy (non-hydrogen) atoms. The second-order valence-electron chi connectivity index (χ2n) is 4.95. The topological polar surface area (TPSA) is 65.0 Å². The largest absolute Gasteiger partial charge is 0.493 e. The lowest BCUT2D eigenvalue weighted by atomic mass is 9.99. The number of rotatable bonds is 7. The molecule has 0 unspecified atom stereocenters. The molecule has 5 nitrogen and oxygen atoms in total. The minimum absolute atomic E-state index is 0.102. The molecule has 0 fully saturated rings. The summed E-state index contributed by atoms with van der Waals surface area (Å²) < 4.78 is 16.0. The van der Waals surface area contributed by atoms with E-state index in [0.29, 0.717) is 11.5 Å². The van der Waals surface area contributed by atoms with Crippen LogP contribution in [0.15, 0.2) is 30.3 Å². The number of hydrogen-bond acceptors (Lipinski definition) is 4. The van der Waals surface area contributed by atoms with Gasteiger partial charge in [0, 0.05) is 18.6 Å². The summed E-state index contributed by atoms with van der Waals surface area (Å²) in [6.45, 7) is 2.17. The van der Waals surface area contributed by atoms with Crippen LogP contribution in [-0.2, 0) is 16.0 Å². The van der Waals surface area contributed by atoms with Crippen LogP contribution in [0.3, 0.4) is 0 Å². The van der Waals surface area contributed by atoms with Crippen molar-refractivity contribution in [2.75, 3.05) is 21.0 Å². The highest BCUT2D eigenvalue weighted by Gasteiger charge is 2.14. The molecule has 0 spiro atoms. The van der Waals surface area contributed by atoms with Gasteiger partial charge < -0.3 is 19.3 Å². The van der Waals surface area contributed by atoms with E-state index in [1.54, 1.807) is 26.4 Å². The van der Waals surface area contributed by atoms with E-state index >= 15 is 0 Å². The van der Waals surface area contributed by atoms with Gasteiger partial charge in [0.25, 0.3) is 0 Å². The maximum atomic E-state index is 10.8. The van der Waals surface area contributed by atoms with Gasteiger partial charge in [-0.15, -0.1) is 0 Å². The van der Waals surface area contributed by atoms with E-state index in [-0.39, 0.29) is 6.79 Å². The van der Waals surface area contributed by atoms with E-state index in [1.165, 1.54) is 0 Å². The van der Waals surface area contributed by atoms with Crippen molar-refractivity contribution in [2.24, 2.45) is 0 Å². The summed E-state index contributed by atoms with van der Waals surface area (Å²) in [5.74, 6) is 0.117. The molecule has 0 radical (unpaired) electrons. The molecule has 122 valence electrons. The van der Waals surface area contributed by atoms with Crippen LogP contribution in [0.2, 0.25) is 0 Å². The van der Waals surface area contributed by atoms with Gasteiger partial charge in [0.15, 0.2) is 18.3 Å². The summed E-state index contributed by atoms with van der Waals surface area (Å²) in [6.07, 6.45) is 3.56.